The van der Waals surface area contributed by atoms with Crippen LogP contribution in [0.5, 0.6) is 5.75 Å². The number of amides is 2. The summed E-state index contributed by atoms with van der Waals surface area (Å²) in [4.78, 5) is 31.3. The molecular weight excluding hydrogens is 418 g/mol. The van der Waals surface area contributed by atoms with E-state index in [2.05, 4.69) is 4.98 Å². The van der Waals surface area contributed by atoms with Crippen LogP contribution in [0.4, 0.5) is 16.2 Å². The molecule has 7 nitrogen and oxygen atoms in total. The number of anilines is 2. The van der Waals surface area contributed by atoms with Crippen LogP contribution in [-0.2, 0) is 0 Å². The fraction of sp³-hybridized carbons (Fsp3) is 0.174. The summed E-state index contributed by atoms with van der Waals surface area (Å²) in [7, 11) is 0. The number of carbonyl (C=O) groups is 2. The number of rotatable bonds is 8. The lowest BCUT2D eigenvalue weighted by Gasteiger charge is -2.22. The van der Waals surface area contributed by atoms with E-state index in [4.69, 9.17) is 16.3 Å². The molecule has 3 aromatic rings. The van der Waals surface area contributed by atoms with Gasteiger partial charge in [-0.25, -0.2) is 4.79 Å². The van der Waals surface area contributed by atoms with E-state index >= 15 is 0 Å². The van der Waals surface area contributed by atoms with Crippen molar-refractivity contribution in [2.24, 2.45) is 0 Å². The predicted molar refractivity (Wildman–Crippen MR) is 120 cm³/mol. The Morgan fingerprint density at radius 1 is 1.00 bits per heavy atom. The van der Waals surface area contributed by atoms with Crippen LogP contribution in [0.3, 0.4) is 0 Å². The molecule has 0 spiro atoms. The van der Waals surface area contributed by atoms with Crippen molar-refractivity contribution >= 4 is 35.0 Å². The van der Waals surface area contributed by atoms with Gasteiger partial charge in [-0.1, -0.05) is 29.8 Å². The Morgan fingerprint density at radius 2 is 1.68 bits per heavy atom. The molecule has 0 aliphatic rings. The quantitative estimate of drug-likeness (QED) is 0.536. The topological polar surface area (TPSA) is 83.0 Å². The third kappa shape index (κ3) is 5.73. The van der Waals surface area contributed by atoms with Crippen molar-refractivity contribution in [3.8, 4) is 5.75 Å². The molecule has 0 aliphatic carbocycles. The van der Waals surface area contributed by atoms with E-state index in [0.29, 0.717) is 28.6 Å². The summed E-state index contributed by atoms with van der Waals surface area (Å²) in [5.41, 5.74) is 1.67. The lowest BCUT2D eigenvalue weighted by molar-refractivity contribution is 0.0988. The maximum absolute atomic E-state index is 13.1. The zero-order chi connectivity index (χ0) is 22.2. The first-order chi connectivity index (χ1) is 15.0. The van der Waals surface area contributed by atoms with Crippen molar-refractivity contribution in [3.05, 3.63) is 83.6 Å². The zero-order valence-corrected chi connectivity index (χ0v) is 17.7. The molecular formula is C23H22ClN3O4. The smallest absolute Gasteiger partial charge is 0.411 e. The SMILES string of the molecule is CCN(C(=O)c1cc(Cl)cc(OCCN(C(=O)O)c2ccncc2)c1)c1ccccc1. The second-order valence-electron chi connectivity index (χ2n) is 6.55. The Labute approximate surface area is 185 Å². The second kappa shape index (κ2) is 10.4. The standard InChI is InChI=1S/C23H22ClN3O4/c1-2-26(19-6-4-3-5-7-19)22(28)17-14-18(24)16-21(15-17)31-13-12-27(23(29)30)20-8-10-25-11-9-20/h3-11,14-16H,2,12-13H2,1H3,(H,29,30). The van der Waals surface area contributed by atoms with E-state index in [0.717, 1.165) is 10.6 Å². The molecule has 31 heavy (non-hydrogen) atoms. The van der Waals surface area contributed by atoms with Gasteiger partial charge >= 0.3 is 6.09 Å². The molecule has 8 heteroatoms. The Balaban J connectivity index is 1.72. The molecule has 0 unspecified atom stereocenters. The van der Waals surface area contributed by atoms with Crippen molar-refractivity contribution in [1.82, 2.24) is 4.98 Å². The fourth-order valence-electron chi connectivity index (χ4n) is 3.09. The third-order valence-corrected chi connectivity index (χ3v) is 4.75. The number of ether oxygens (including phenoxy) is 1. The molecule has 2 aromatic carbocycles. The van der Waals surface area contributed by atoms with E-state index < -0.39 is 6.09 Å². The molecule has 0 saturated heterocycles. The number of hydrogen-bond donors (Lipinski definition) is 1. The fourth-order valence-corrected chi connectivity index (χ4v) is 3.32. The van der Waals surface area contributed by atoms with Crippen LogP contribution in [0.1, 0.15) is 17.3 Å². The average molecular weight is 440 g/mol. The van der Waals surface area contributed by atoms with Gasteiger partial charge in [0, 0.05) is 35.2 Å². The first kappa shape index (κ1) is 22.1. The summed E-state index contributed by atoms with van der Waals surface area (Å²) in [5.74, 6) is 0.185. The number of pyridine rings is 1. The predicted octanol–water partition coefficient (Wildman–Crippen LogP) is 4.97. The lowest BCUT2D eigenvalue weighted by atomic mass is 10.1. The van der Waals surface area contributed by atoms with E-state index in [1.54, 1.807) is 35.2 Å². The van der Waals surface area contributed by atoms with Crippen LogP contribution in [0.15, 0.2) is 73.1 Å². The highest BCUT2D eigenvalue weighted by molar-refractivity contribution is 6.31. The molecule has 0 bridgehead atoms. The molecule has 1 N–H and O–H groups in total. The van der Waals surface area contributed by atoms with Gasteiger partial charge in [-0.3, -0.25) is 14.7 Å². The summed E-state index contributed by atoms with van der Waals surface area (Å²) < 4.78 is 5.72. The molecule has 0 saturated carbocycles. The van der Waals surface area contributed by atoms with Gasteiger partial charge < -0.3 is 14.7 Å². The molecule has 2 amide bonds. The highest BCUT2D eigenvalue weighted by Gasteiger charge is 2.18. The highest BCUT2D eigenvalue weighted by atomic mass is 35.5. The van der Waals surface area contributed by atoms with Crippen molar-refractivity contribution in [3.63, 3.8) is 0 Å². The summed E-state index contributed by atoms with van der Waals surface area (Å²) in [6.45, 7) is 2.57. The van der Waals surface area contributed by atoms with E-state index in [1.807, 2.05) is 37.3 Å². The molecule has 3 rings (SSSR count). The number of halogens is 1. The minimum absolute atomic E-state index is 0.0821. The van der Waals surface area contributed by atoms with Crippen molar-refractivity contribution in [1.29, 1.82) is 0 Å². The molecule has 1 aromatic heterocycles. The summed E-state index contributed by atoms with van der Waals surface area (Å²) in [6, 6.07) is 17.4. The van der Waals surface area contributed by atoms with Crippen molar-refractivity contribution in [2.75, 3.05) is 29.5 Å². The van der Waals surface area contributed by atoms with Gasteiger partial charge in [0.05, 0.1) is 12.2 Å². The van der Waals surface area contributed by atoms with Gasteiger partial charge in [0.1, 0.15) is 12.4 Å². The van der Waals surface area contributed by atoms with Gasteiger partial charge in [-0.15, -0.1) is 0 Å². The largest absolute Gasteiger partial charge is 0.492 e. The minimum Gasteiger partial charge on any atom is -0.492 e. The molecule has 1 heterocycles. The highest BCUT2D eigenvalue weighted by Crippen LogP contribution is 2.24. The lowest BCUT2D eigenvalue weighted by Crippen LogP contribution is -2.33. The number of para-hydroxylation sites is 1. The molecule has 160 valence electrons. The van der Waals surface area contributed by atoms with Crippen LogP contribution in [0, 0.1) is 0 Å². The van der Waals surface area contributed by atoms with Gasteiger partial charge in [-0.2, -0.15) is 0 Å². The zero-order valence-electron chi connectivity index (χ0n) is 16.9. The first-order valence-electron chi connectivity index (χ1n) is 9.70. The first-order valence-corrected chi connectivity index (χ1v) is 10.1. The Bertz CT molecular complexity index is 1030. The van der Waals surface area contributed by atoms with E-state index in [-0.39, 0.29) is 19.1 Å². The maximum Gasteiger partial charge on any atom is 0.411 e. The molecule has 0 radical (unpaired) electrons. The van der Waals surface area contributed by atoms with Crippen LogP contribution in [0.25, 0.3) is 0 Å². The van der Waals surface area contributed by atoms with Crippen LogP contribution in [-0.4, -0.2) is 41.8 Å². The Hall–Kier alpha value is -3.58. The molecule has 0 fully saturated rings. The molecule has 0 atom stereocenters. The van der Waals surface area contributed by atoms with Crippen molar-refractivity contribution < 1.29 is 19.4 Å². The third-order valence-electron chi connectivity index (χ3n) is 4.54. The van der Waals surface area contributed by atoms with E-state index in [9.17, 15) is 14.7 Å². The number of nitrogens with zero attached hydrogens (tertiary/aromatic N) is 3. The Kier molecular flexibility index (Phi) is 7.45. The Morgan fingerprint density at radius 3 is 2.32 bits per heavy atom. The number of aromatic nitrogens is 1. The van der Waals surface area contributed by atoms with Crippen molar-refractivity contribution in [2.45, 2.75) is 6.92 Å². The van der Waals surface area contributed by atoms with Crippen LogP contribution < -0.4 is 14.5 Å². The van der Waals surface area contributed by atoms with Crippen LogP contribution >= 0.6 is 11.6 Å². The van der Waals surface area contributed by atoms with Gasteiger partial charge in [0.2, 0.25) is 0 Å². The summed E-state index contributed by atoms with van der Waals surface area (Å²) in [6.07, 6.45) is 1.94. The monoisotopic (exact) mass is 439 g/mol. The summed E-state index contributed by atoms with van der Waals surface area (Å²) in [5, 5.41) is 9.82. The van der Waals surface area contributed by atoms with Gasteiger partial charge in [-0.05, 0) is 49.4 Å². The van der Waals surface area contributed by atoms with E-state index in [1.165, 1.54) is 12.4 Å². The van der Waals surface area contributed by atoms with Gasteiger partial charge in [0.25, 0.3) is 5.91 Å². The average Bonchev–Trinajstić information content (AvgIpc) is 2.78. The summed E-state index contributed by atoms with van der Waals surface area (Å²) >= 11 is 6.21. The number of carboxylic acid groups (broad SMARTS) is 1. The number of benzene rings is 2. The maximum atomic E-state index is 13.1. The molecule has 0 aliphatic heterocycles. The number of hydrogen-bond acceptors (Lipinski definition) is 4. The van der Waals surface area contributed by atoms with Crippen LogP contribution in [0.2, 0.25) is 5.02 Å². The second-order valence-corrected chi connectivity index (χ2v) is 6.99. The minimum atomic E-state index is -1.10. The number of carbonyl (C=O) groups excluding carboxylic acids is 1. The van der Waals surface area contributed by atoms with Gasteiger partial charge in [0.15, 0.2) is 0 Å². The normalized spacial score (nSPS) is 10.4.